The number of hydrogen-bond donors (Lipinski definition) is 3. The van der Waals surface area contributed by atoms with E-state index in [2.05, 4.69) is 23.1 Å². The molecular formula is C28H23N7O3. The molecule has 3 aromatic carbocycles. The fourth-order valence-corrected chi connectivity index (χ4v) is 4.67. The number of primary amides is 1. The molecule has 1 aliphatic rings. The molecule has 0 saturated carbocycles. The van der Waals surface area contributed by atoms with Crippen LogP contribution < -0.4 is 16.8 Å². The predicted octanol–water partition coefficient (Wildman–Crippen LogP) is 2.94. The lowest BCUT2D eigenvalue weighted by Gasteiger charge is -2.16. The Hall–Kier alpha value is -5.43. The number of nitrogens with one attached hydrogen (secondary N) is 1. The maximum atomic E-state index is 13.4. The first-order chi connectivity index (χ1) is 18.2. The second-order valence-electron chi connectivity index (χ2n) is 9.06. The highest BCUT2D eigenvalue weighted by Crippen LogP contribution is 2.38. The van der Waals surface area contributed by atoms with Gasteiger partial charge in [-0.25, -0.2) is 0 Å². The summed E-state index contributed by atoms with van der Waals surface area (Å²) < 4.78 is 1.66. The van der Waals surface area contributed by atoms with E-state index < -0.39 is 5.91 Å². The highest BCUT2D eigenvalue weighted by molar-refractivity contribution is 6.14. The molecule has 0 radical (unpaired) electrons. The van der Waals surface area contributed by atoms with E-state index in [9.17, 15) is 19.6 Å². The van der Waals surface area contributed by atoms with Crippen LogP contribution in [0.4, 0.5) is 11.4 Å². The summed E-state index contributed by atoms with van der Waals surface area (Å²) in [7, 11) is 1.78. The lowest BCUT2D eigenvalue weighted by Crippen LogP contribution is -2.30. The molecule has 1 aliphatic heterocycles. The summed E-state index contributed by atoms with van der Waals surface area (Å²) in [6.07, 6.45) is 1.62. The van der Waals surface area contributed by atoms with Gasteiger partial charge in [-0.1, -0.05) is 18.7 Å². The van der Waals surface area contributed by atoms with Crippen molar-refractivity contribution in [2.75, 3.05) is 17.6 Å². The smallest absolute Gasteiger partial charge is 0.256 e. The average Bonchev–Trinajstić information content (AvgIpc) is 3.43. The third kappa shape index (κ3) is 4.12. The van der Waals surface area contributed by atoms with E-state index in [1.807, 2.05) is 12.1 Å². The number of fused-ring (bicyclic) bond motifs is 2. The first-order valence-electron chi connectivity index (χ1n) is 11.6. The summed E-state index contributed by atoms with van der Waals surface area (Å²) in [6.45, 7) is 3.85. The third-order valence-corrected chi connectivity index (χ3v) is 6.60. The van der Waals surface area contributed by atoms with Gasteiger partial charge in [0.15, 0.2) is 0 Å². The summed E-state index contributed by atoms with van der Waals surface area (Å²) in [6, 6.07) is 15.8. The molecule has 4 aromatic rings. The highest BCUT2D eigenvalue weighted by atomic mass is 16.2. The van der Waals surface area contributed by atoms with E-state index in [1.54, 1.807) is 54.3 Å². The zero-order chi connectivity index (χ0) is 27.1. The molecule has 0 unspecified atom stereocenters. The minimum absolute atomic E-state index is 0.0160. The Balaban J connectivity index is 1.60. The summed E-state index contributed by atoms with van der Waals surface area (Å²) in [5.74, 6) is -1.37. The topological polar surface area (TPSA) is 160 Å². The lowest BCUT2D eigenvalue weighted by molar-refractivity contribution is -0.114. The van der Waals surface area contributed by atoms with Gasteiger partial charge in [-0.15, -0.1) is 0 Å². The van der Waals surface area contributed by atoms with Crippen LogP contribution in [0.25, 0.3) is 22.0 Å². The van der Waals surface area contributed by atoms with Crippen molar-refractivity contribution in [3.63, 3.8) is 0 Å². The second-order valence-corrected chi connectivity index (χ2v) is 9.06. The molecule has 10 nitrogen and oxygen atoms in total. The fourth-order valence-electron chi connectivity index (χ4n) is 4.67. The van der Waals surface area contributed by atoms with Crippen LogP contribution in [0.3, 0.4) is 0 Å². The van der Waals surface area contributed by atoms with Crippen molar-refractivity contribution in [2.45, 2.75) is 6.54 Å². The Kier molecular flexibility index (Phi) is 5.89. The summed E-state index contributed by atoms with van der Waals surface area (Å²) >= 11 is 0. The summed E-state index contributed by atoms with van der Waals surface area (Å²) in [5.41, 5.74) is 16.4. The maximum absolute atomic E-state index is 13.4. The molecule has 0 spiro atoms. The number of nitrogens with zero attached hydrogens (tertiary/aromatic N) is 4. The molecule has 0 bridgehead atoms. The number of anilines is 2. The SMILES string of the molecule is C=C(CN1Cc2c(-c3cc(C(=O)Nc4cccc(C#N)c4)c4cnn(C)c4c3)ccc(N)c2C1=O)C(N)=O. The van der Waals surface area contributed by atoms with Crippen molar-refractivity contribution in [3.05, 3.63) is 89.1 Å². The molecule has 10 heteroatoms. The van der Waals surface area contributed by atoms with E-state index >= 15 is 0 Å². The first-order valence-corrected chi connectivity index (χ1v) is 11.6. The third-order valence-electron chi connectivity index (χ3n) is 6.60. The second kappa shape index (κ2) is 9.22. The van der Waals surface area contributed by atoms with Crippen molar-refractivity contribution in [1.82, 2.24) is 14.7 Å². The molecule has 2 heterocycles. The van der Waals surface area contributed by atoms with Crippen LogP contribution >= 0.6 is 0 Å². The molecule has 38 heavy (non-hydrogen) atoms. The van der Waals surface area contributed by atoms with Gasteiger partial charge in [0, 0.05) is 35.9 Å². The quantitative estimate of drug-likeness (QED) is 0.270. The van der Waals surface area contributed by atoms with E-state index in [1.165, 1.54) is 4.90 Å². The number of nitrogens with two attached hydrogens (primary N) is 2. The van der Waals surface area contributed by atoms with E-state index in [0.29, 0.717) is 50.1 Å². The van der Waals surface area contributed by atoms with Crippen LogP contribution in [0.2, 0.25) is 0 Å². The number of nitrogen functional groups attached to an aromatic ring is 1. The molecular weight excluding hydrogens is 482 g/mol. The molecule has 5 rings (SSSR count). The van der Waals surface area contributed by atoms with Gasteiger partial charge in [0.05, 0.1) is 41.0 Å². The zero-order valence-electron chi connectivity index (χ0n) is 20.5. The number of nitriles is 1. The monoisotopic (exact) mass is 505 g/mol. The largest absolute Gasteiger partial charge is 0.398 e. The first kappa shape index (κ1) is 24.3. The molecule has 0 atom stereocenters. The zero-order valence-corrected chi connectivity index (χ0v) is 20.5. The number of benzene rings is 3. The number of aromatic nitrogens is 2. The molecule has 188 valence electrons. The molecule has 0 saturated heterocycles. The fraction of sp³-hybridized carbons (Fsp3) is 0.107. The van der Waals surface area contributed by atoms with Crippen LogP contribution in [0.15, 0.2) is 66.9 Å². The number of aryl methyl sites for hydroxylation is 1. The Morgan fingerprint density at radius 2 is 2.00 bits per heavy atom. The number of carbonyl (C=O) groups excluding carboxylic acids is 3. The lowest BCUT2D eigenvalue weighted by atomic mass is 9.93. The molecule has 0 aliphatic carbocycles. The van der Waals surface area contributed by atoms with Crippen LogP contribution in [-0.2, 0) is 18.4 Å². The van der Waals surface area contributed by atoms with Crippen molar-refractivity contribution < 1.29 is 14.4 Å². The van der Waals surface area contributed by atoms with Gasteiger partial charge < -0.3 is 21.7 Å². The Morgan fingerprint density at radius 3 is 2.74 bits per heavy atom. The van der Waals surface area contributed by atoms with Gasteiger partial charge in [0.2, 0.25) is 5.91 Å². The van der Waals surface area contributed by atoms with Crippen LogP contribution in [-0.4, -0.2) is 38.9 Å². The number of hydrogen-bond acceptors (Lipinski definition) is 6. The number of carbonyl (C=O) groups is 3. The van der Waals surface area contributed by atoms with E-state index in [0.717, 1.165) is 5.56 Å². The van der Waals surface area contributed by atoms with Crippen molar-refractivity contribution in [2.24, 2.45) is 12.8 Å². The Morgan fingerprint density at radius 1 is 1.21 bits per heavy atom. The van der Waals surface area contributed by atoms with Gasteiger partial charge in [-0.2, -0.15) is 10.4 Å². The highest BCUT2D eigenvalue weighted by Gasteiger charge is 2.33. The Labute approximate surface area is 217 Å². The van der Waals surface area contributed by atoms with E-state index in [-0.39, 0.29) is 30.5 Å². The summed E-state index contributed by atoms with van der Waals surface area (Å²) in [4.78, 5) is 39.6. The normalized spacial score (nSPS) is 12.3. The van der Waals surface area contributed by atoms with Crippen molar-refractivity contribution >= 4 is 40.0 Å². The van der Waals surface area contributed by atoms with Crippen LogP contribution in [0, 0.1) is 11.3 Å². The van der Waals surface area contributed by atoms with Crippen molar-refractivity contribution in [3.8, 4) is 17.2 Å². The van der Waals surface area contributed by atoms with Crippen LogP contribution in [0.1, 0.15) is 31.8 Å². The number of amides is 3. The minimum atomic E-state index is -0.681. The molecule has 1 aromatic heterocycles. The van der Waals surface area contributed by atoms with Crippen LogP contribution in [0.5, 0.6) is 0 Å². The predicted molar refractivity (Wildman–Crippen MR) is 143 cm³/mol. The molecule has 3 amide bonds. The van der Waals surface area contributed by atoms with Crippen molar-refractivity contribution in [1.29, 1.82) is 5.26 Å². The average molecular weight is 506 g/mol. The molecule has 0 fully saturated rings. The van der Waals surface area contributed by atoms with Gasteiger partial charge in [-0.3, -0.25) is 19.1 Å². The van der Waals surface area contributed by atoms with Gasteiger partial charge in [-0.05, 0) is 53.1 Å². The maximum Gasteiger partial charge on any atom is 0.256 e. The summed E-state index contributed by atoms with van der Waals surface area (Å²) in [5, 5.41) is 17.0. The van der Waals surface area contributed by atoms with E-state index in [4.69, 9.17) is 11.5 Å². The Bertz CT molecular complexity index is 1730. The standard InChI is InChI=1S/C28H23N7O3/c1-15(26(31)36)13-35-14-22-19(6-7-23(30)25(22)28(35)38)17-9-20(21-12-32-34(2)24(21)10-17)27(37)33-18-5-3-4-16(8-18)11-29/h3-10,12H,1,13-14,30H2,2H3,(H2,31,36)(H,33,37). The van der Waals surface area contributed by atoms with Gasteiger partial charge in [0.1, 0.15) is 0 Å². The van der Waals surface area contributed by atoms with Gasteiger partial charge >= 0.3 is 0 Å². The molecule has 5 N–H and O–H groups in total. The minimum Gasteiger partial charge on any atom is -0.398 e. The number of rotatable bonds is 6. The van der Waals surface area contributed by atoms with Gasteiger partial charge in [0.25, 0.3) is 11.8 Å².